The molecule has 1 unspecified atom stereocenters. The molecule has 8 nitrogen and oxygen atoms in total. The van der Waals surface area contributed by atoms with E-state index in [0.29, 0.717) is 13.2 Å². The van der Waals surface area contributed by atoms with E-state index < -0.39 is 23.7 Å². The Morgan fingerprint density at radius 2 is 1.84 bits per heavy atom. The Kier molecular flexibility index (Phi) is 10.6. The van der Waals surface area contributed by atoms with Crippen LogP contribution in [0.2, 0.25) is 10.0 Å². The second kappa shape index (κ2) is 13.1. The van der Waals surface area contributed by atoms with Gasteiger partial charge in [0.1, 0.15) is 17.7 Å². The molecule has 0 saturated carbocycles. The molecular weight excluding hydrogens is 459 g/mol. The third kappa shape index (κ3) is 7.27. The summed E-state index contributed by atoms with van der Waals surface area (Å²) in [6, 6.07) is 9.38. The highest BCUT2D eigenvalue weighted by Crippen LogP contribution is 2.42. The van der Waals surface area contributed by atoms with Crippen LogP contribution in [-0.2, 0) is 20.7 Å². The van der Waals surface area contributed by atoms with Crippen molar-refractivity contribution < 1.29 is 28.9 Å². The molecule has 0 bridgehead atoms. The number of phenolic OH excluding ortho intramolecular Hbond substituents is 1. The van der Waals surface area contributed by atoms with Crippen LogP contribution in [0.4, 0.5) is 0 Å². The summed E-state index contributed by atoms with van der Waals surface area (Å²) in [5.41, 5.74) is 0.628. The Bertz CT molecular complexity index is 911. The van der Waals surface area contributed by atoms with Gasteiger partial charge >= 0.3 is 5.97 Å². The van der Waals surface area contributed by atoms with Crippen LogP contribution in [0.5, 0.6) is 11.5 Å². The van der Waals surface area contributed by atoms with E-state index in [0.717, 1.165) is 5.56 Å². The highest BCUT2D eigenvalue weighted by atomic mass is 35.5. The Morgan fingerprint density at radius 3 is 2.50 bits per heavy atom. The van der Waals surface area contributed by atoms with Crippen LogP contribution in [0.15, 0.2) is 36.4 Å². The number of aromatic hydroxyl groups is 1. The number of nitrogens with one attached hydrogen (secondary N) is 2. The zero-order valence-corrected chi connectivity index (χ0v) is 19.3. The van der Waals surface area contributed by atoms with Gasteiger partial charge in [0.05, 0.1) is 30.9 Å². The first-order chi connectivity index (χ1) is 15.4. The number of methoxy groups -OCH3 is 1. The zero-order chi connectivity index (χ0) is 23.5. The fraction of sp³-hybridized carbons (Fsp3) is 0.364. The fourth-order valence-electron chi connectivity index (χ4n) is 2.80. The summed E-state index contributed by atoms with van der Waals surface area (Å²) in [5, 5.41) is 15.8. The first-order valence-electron chi connectivity index (χ1n) is 9.87. The minimum atomic E-state index is -0.975. The molecule has 0 aliphatic heterocycles. The van der Waals surface area contributed by atoms with Gasteiger partial charge in [0.15, 0.2) is 11.5 Å². The Balaban J connectivity index is 2.11. The number of rotatable bonds is 12. The largest absolute Gasteiger partial charge is 0.505 e. The van der Waals surface area contributed by atoms with Gasteiger partial charge in [-0.3, -0.25) is 4.79 Å². The first kappa shape index (κ1) is 25.7. The maximum Gasteiger partial charge on any atom is 0.328 e. The average molecular weight is 485 g/mol. The Morgan fingerprint density at radius 1 is 1.12 bits per heavy atom. The maximum atomic E-state index is 12.8. The predicted octanol–water partition coefficient (Wildman–Crippen LogP) is 2.83. The van der Waals surface area contributed by atoms with Crippen molar-refractivity contribution in [3.63, 3.8) is 0 Å². The van der Waals surface area contributed by atoms with E-state index in [4.69, 9.17) is 37.4 Å². The predicted molar refractivity (Wildman–Crippen MR) is 122 cm³/mol. The van der Waals surface area contributed by atoms with E-state index in [1.165, 1.54) is 13.2 Å². The summed E-state index contributed by atoms with van der Waals surface area (Å²) in [5.74, 6) is -1.84. The number of amides is 1. The van der Waals surface area contributed by atoms with Crippen molar-refractivity contribution in [2.75, 3.05) is 40.5 Å². The molecule has 0 aromatic heterocycles. The number of hydrogen-bond acceptors (Lipinski definition) is 7. The van der Waals surface area contributed by atoms with Gasteiger partial charge in [-0.15, -0.1) is 0 Å². The van der Waals surface area contributed by atoms with Gasteiger partial charge in [0.25, 0.3) is 5.91 Å². The molecule has 0 aliphatic carbocycles. The van der Waals surface area contributed by atoms with Gasteiger partial charge < -0.3 is 30.0 Å². The number of esters is 1. The fourth-order valence-corrected chi connectivity index (χ4v) is 3.36. The molecule has 0 fully saturated rings. The third-order valence-electron chi connectivity index (χ3n) is 4.44. The molecule has 2 aromatic rings. The quantitative estimate of drug-likeness (QED) is 0.314. The van der Waals surface area contributed by atoms with Gasteiger partial charge in [-0.25, -0.2) is 4.79 Å². The highest BCUT2D eigenvalue weighted by molar-refractivity contribution is 6.39. The Labute approximate surface area is 196 Å². The van der Waals surface area contributed by atoms with Crippen molar-refractivity contribution >= 4 is 35.1 Å². The van der Waals surface area contributed by atoms with Crippen molar-refractivity contribution in [3.8, 4) is 11.5 Å². The van der Waals surface area contributed by atoms with Crippen LogP contribution < -0.4 is 15.4 Å². The Hall–Kier alpha value is -2.52. The summed E-state index contributed by atoms with van der Waals surface area (Å²) >= 11 is 12.4. The van der Waals surface area contributed by atoms with E-state index in [2.05, 4.69) is 10.6 Å². The smallest absolute Gasteiger partial charge is 0.328 e. The molecule has 1 atom stereocenters. The molecule has 2 aromatic carbocycles. The minimum absolute atomic E-state index is 0.0332. The van der Waals surface area contributed by atoms with Gasteiger partial charge in [0.2, 0.25) is 0 Å². The maximum absolute atomic E-state index is 12.8. The monoisotopic (exact) mass is 484 g/mol. The average Bonchev–Trinajstić information content (AvgIpc) is 2.80. The number of carbonyl (C=O) groups is 2. The van der Waals surface area contributed by atoms with Crippen molar-refractivity contribution in [2.24, 2.45) is 0 Å². The second-order valence-electron chi connectivity index (χ2n) is 6.70. The zero-order valence-electron chi connectivity index (χ0n) is 17.8. The van der Waals surface area contributed by atoms with Crippen LogP contribution in [0.3, 0.4) is 0 Å². The van der Waals surface area contributed by atoms with Crippen LogP contribution in [-0.4, -0.2) is 63.5 Å². The number of benzene rings is 2. The molecular formula is C22H26Cl2N2O6. The third-order valence-corrected chi connectivity index (χ3v) is 5.07. The summed E-state index contributed by atoms with van der Waals surface area (Å²) in [6.45, 7) is 1.65. The van der Waals surface area contributed by atoms with Crippen molar-refractivity contribution in [2.45, 2.75) is 12.5 Å². The van der Waals surface area contributed by atoms with E-state index in [1.54, 1.807) is 0 Å². The number of ether oxygens (including phenoxy) is 3. The lowest BCUT2D eigenvalue weighted by atomic mass is 10.1. The van der Waals surface area contributed by atoms with E-state index in [9.17, 15) is 14.7 Å². The van der Waals surface area contributed by atoms with Crippen LogP contribution >= 0.6 is 23.2 Å². The molecule has 0 radical (unpaired) electrons. The van der Waals surface area contributed by atoms with Crippen molar-refractivity contribution in [1.82, 2.24) is 10.6 Å². The summed E-state index contributed by atoms with van der Waals surface area (Å²) in [4.78, 5) is 25.0. The SMILES string of the molecule is CNCCOCCOc1c(Cl)cc(C(=O)NC(Cc2ccccc2)C(=O)OC)c(O)c1Cl. The van der Waals surface area contributed by atoms with Crippen molar-refractivity contribution in [1.29, 1.82) is 0 Å². The molecule has 3 N–H and O–H groups in total. The summed E-state index contributed by atoms with van der Waals surface area (Å²) in [7, 11) is 3.04. The number of halogens is 2. The van der Waals surface area contributed by atoms with Gasteiger partial charge in [-0.05, 0) is 18.7 Å². The molecule has 0 heterocycles. The number of likely N-dealkylation sites (N-methyl/N-ethyl adjacent to an activating group) is 1. The molecule has 2 rings (SSSR count). The molecule has 0 spiro atoms. The number of phenols is 1. The normalized spacial score (nSPS) is 11.6. The van der Waals surface area contributed by atoms with Gasteiger partial charge in [0, 0.05) is 13.0 Å². The summed E-state index contributed by atoms with van der Waals surface area (Å²) < 4.78 is 15.6. The molecule has 32 heavy (non-hydrogen) atoms. The van der Waals surface area contributed by atoms with Crippen LogP contribution in [0.25, 0.3) is 0 Å². The molecule has 10 heteroatoms. The van der Waals surface area contributed by atoms with Gasteiger partial charge in [-0.1, -0.05) is 53.5 Å². The van der Waals surface area contributed by atoms with Crippen LogP contribution in [0, 0.1) is 0 Å². The van der Waals surface area contributed by atoms with E-state index in [-0.39, 0.29) is 41.0 Å². The van der Waals surface area contributed by atoms with Crippen molar-refractivity contribution in [3.05, 3.63) is 57.6 Å². The number of hydrogen-bond donors (Lipinski definition) is 3. The van der Waals surface area contributed by atoms with E-state index >= 15 is 0 Å². The molecule has 174 valence electrons. The van der Waals surface area contributed by atoms with Crippen LogP contribution in [0.1, 0.15) is 15.9 Å². The standard InChI is InChI=1S/C22H26Cl2N2O6/c1-25-8-9-31-10-11-32-20-16(23)13-15(19(27)18(20)24)21(28)26-17(22(29)30-2)12-14-6-4-3-5-7-14/h3-7,13,17,25,27H,8-12H2,1-2H3,(H,26,28). The van der Waals surface area contributed by atoms with E-state index in [1.807, 2.05) is 37.4 Å². The lowest BCUT2D eigenvalue weighted by molar-refractivity contribution is -0.142. The highest BCUT2D eigenvalue weighted by Gasteiger charge is 2.26. The molecule has 0 saturated heterocycles. The summed E-state index contributed by atoms with van der Waals surface area (Å²) in [6.07, 6.45) is 0.205. The number of carbonyl (C=O) groups excluding carboxylic acids is 2. The first-order valence-corrected chi connectivity index (χ1v) is 10.6. The topological polar surface area (TPSA) is 106 Å². The minimum Gasteiger partial charge on any atom is -0.505 e. The molecule has 1 amide bonds. The lowest BCUT2D eigenvalue weighted by Gasteiger charge is -2.18. The molecule has 0 aliphatic rings. The second-order valence-corrected chi connectivity index (χ2v) is 7.49. The lowest BCUT2D eigenvalue weighted by Crippen LogP contribution is -2.43. The van der Waals surface area contributed by atoms with Gasteiger partial charge in [-0.2, -0.15) is 0 Å².